The van der Waals surface area contributed by atoms with Crippen molar-refractivity contribution in [2.45, 2.75) is 20.8 Å². The van der Waals surface area contributed by atoms with Gasteiger partial charge in [0, 0.05) is 23.3 Å². The second-order valence-corrected chi connectivity index (χ2v) is 6.32. The zero-order valence-electron chi connectivity index (χ0n) is 15.4. The topological polar surface area (TPSA) is 87.1 Å². The second kappa shape index (κ2) is 8.50. The molecule has 138 valence electrons. The molecule has 0 aliphatic carbocycles. The van der Waals surface area contributed by atoms with Crippen LogP contribution in [0.15, 0.2) is 47.6 Å². The number of thiocarbonyl (C=S) groups is 1. The second-order valence-electron chi connectivity index (χ2n) is 5.94. The van der Waals surface area contributed by atoms with Gasteiger partial charge in [0.05, 0.1) is 17.4 Å². The Kier molecular flexibility index (Phi) is 5.87. The molecule has 3 aromatic rings. The summed E-state index contributed by atoms with van der Waals surface area (Å²) in [6, 6.07) is 11.8. The monoisotopic (exact) mass is 379 g/mol. The first-order valence-corrected chi connectivity index (χ1v) is 9.02. The molecule has 0 spiro atoms. The van der Waals surface area contributed by atoms with E-state index in [1.165, 1.54) is 0 Å². The molecule has 0 atom stereocenters. The average Bonchev–Trinajstić information content (AvgIpc) is 2.61. The molecular weight excluding hydrogens is 358 g/mol. The number of aliphatic imine (C=N–C) groups is 1. The summed E-state index contributed by atoms with van der Waals surface area (Å²) in [5.74, 6) is 0.870. The summed E-state index contributed by atoms with van der Waals surface area (Å²) < 4.78 is 0. The number of aromatic nitrogens is 3. The number of fused-ring (bicyclic) bond motifs is 1. The van der Waals surface area contributed by atoms with Gasteiger partial charge in [-0.15, -0.1) is 0 Å². The maximum Gasteiger partial charge on any atom is 0.229 e. The van der Waals surface area contributed by atoms with Crippen molar-refractivity contribution < 1.29 is 0 Å². The van der Waals surface area contributed by atoms with Crippen molar-refractivity contribution >= 4 is 45.8 Å². The van der Waals surface area contributed by atoms with Crippen molar-refractivity contribution in [3.63, 3.8) is 0 Å². The van der Waals surface area contributed by atoms with Crippen LogP contribution in [-0.2, 0) is 0 Å². The van der Waals surface area contributed by atoms with Gasteiger partial charge in [-0.1, -0.05) is 18.2 Å². The van der Waals surface area contributed by atoms with E-state index < -0.39 is 0 Å². The van der Waals surface area contributed by atoms with Gasteiger partial charge >= 0.3 is 0 Å². The number of nitrogens with one attached hydrogen (secondary N) is 3. The molecule has 3 N–H and O–H groups in total. The zero-order valence-corrected chi connectivity index (χ0v) is 16.3. The molecule has 3 rings (SSSR count). The zero-order chi connectivity index (χ0) is 19.2. The van der Waals surface area contributed by atoms with Crippen LogP contribution in [0.4, 0.5) is 11.6 Å². The third-order valence-corrected chi connectivity index (χ3v) is 3.84. The van der Waals surface area contributed by atoms with E-state index in [1.54, 1.807) is 6.20 Å². The molecule has 0 radical (unpaired) electrons. The summed E-state index contributed by atoms with van der Waals surface area (Å²) in [7, 11) is 0. The molecule has 1 aromatic carbocycles. The molecule has 0 aliphatic heterocycles. The molecule has 2 aromatic heterocycles. The summed E-state index contributed by atoms with van der Waals surface area (Å²) in [6.45, 7) is 6.48. The first kappa shape index (κ1) is 18.7. The Bertz CT molecular complexity index is 980. The van der Waals surface area contributed by atoms with E-state index in [0.717, 1.165) is 28.0 Å². The summed E-state index contributed by atoms with van der Waals surface area (Å²) >= 11 is 5.26. The lowest BCUT2D eigenvalue weighted by Crippen LogP contribution is -2.28. The fraction of sp³-hybridized carbons (Fsp3) is 0.211. The highest BCUT2D eigenvalue weighted by atomic mass is 32.1. The van der Waals surface area contributed by atoms with E-state index in [4.69, 9.17) is 12.2 Å². The van der Waals surface area contributed by atoms with Crippen LogP contribution in [0.1, 0.15) is 18.3 Å². The van der Waals surface area contributed by atoms with E-state index in [0.29, 0.717) is 23.6 Å². The highest BCUT2D eigenvalue weighted by Crippen LogP contribution is 2.16. The lowest BCUT2D eigenvalue weighted by Gasteiger charge is -2.13. The number of guanidine groups is 1. The van der Waals surface area contributed by atoms with Crippen LogP contribution < -0.4 is 16.0 Å². The van der Waals surface area contributed by atoms with Crippen LogP contribution in [0, 0.1) is 13.8 Å². The van der Waals surface area contributed by atoms with Gasteiger partial charge < -0.3 is 10.6 Å². The Morgan fingerprint density at radius 1 is 1.07 bits per heavy atom. The van der Waals surface area contributed by atoms with E-state index in [-0.39, 0.29) is 0 Å². The maximum atomic E-state index is 5.26. The third-order valence-electron chi connectivity index (χ3n) is 3.61. The number of nitrogens with zero attached hydrogens (tertiary/aromatic N) is 4. The summed E-state index contributed by atoms with van der Waals surface area (Å²) in [6.07, 6.45) is 1.75. The van der Waals surface area contributed by atoms with E-state index in [2.05, 4.69) is 35.9 Å². The average molecular weight is 379 g/mol. The number of pyridine rings is 1. The quantitative estimate of drug-likeness (QED) is 0.365. The number of hydrogen-bond acceptors (Lipinski definition) is 4. The van der Waals surface area contributed by atoms with Gasteiger partial charge in [-0.2, -0.15) is 4.99 Å². The van der Waals surface area contributed by atoms with Gasteiger partial charge in [0.2, 0.25) is 11.9 Å². The normalized spacial score (nSPS) is 11.3. The predicted octanol–water partition coefficient (Wildman–Crippen LogP) is 3.42. The van der Waals surface area contributed by atoms with Crippen molar-refractivity contribution in [2.75, 3.05) is 17.2 Å². The van der Waals surface area contributed by atoms with Crippen LogP contribution in [0.25, 0.3) is 10.9 Å². The van der Waals surface area contributed by atoms with Crippen molar-refractivity contribution in [1.29, 1.82) is 0 Å². The summed E-state index contributed by atoms with van der Waals surface area (Å²) in [4.78, 5) is 17.7. The molecule has 27 heavy (non-hydrogen) atoms. The molecule has 0 saturated carbocycles. The highest BCUT2D eigenvalue weighted by molar-refractivity contribution is 7.80. The standard InChI is InChI=1S/C19H21N7S/c1-4-20-19(27)26-18(25-17-22-12(2)9-13(3)23-17)24-15-10-14-7-5-6-8-16(14)21-11-15/h5-11H,4H2,1-3H3,(H3,20,22,23,24,25,26,27). The van der Waals surface area contributed by atoms with Gasteiger partial charge in [-0.3, -0.25) is 10.3 Å². The molecule has 0 saturated heterocycles. The molecule has 0 aliphatic rings. The van der Waals surface area contributed by atoms with Crippen LogP contribution in [-0.4, -0.2) is 32.6 Å². The van der Waals surface area contributed by atoms with E-state index in [9.17, 15) is 0 Å². The van der Waals surface area contributed by atoms with E-state index >= 15 is 0 Å². The minimum atomic E-state index is 0.366. The number of anilines is 2. The highest BCUT2D eigenvalue weighted by Gasteiger charge is 2.07. The Balaban J connectivity index is 1.89. The van der Waals surface area contributed by atoms with Gasteiger partial charge in [0.1, 0.15) is 0 Å². The Morgan fingerprint density at radius 3 is 2.56 bits per heavy atom. The van der Waals surface area contributed by atoms with Crippen molar-refractivity contribution in [3.05, 3.63) is 54.0 Å². The first-order chi connectivity index (χ1) is 13.0. The molecule has 7 nitrogen and oxygen atoms in total. The third kappa shape index (κ3) is 5.18. The summed E-state index contributed by atoms with van der Waals surface area (Å²) in [5.41, 5.74) is 3.44. The minimum absolute atomic E-state index is 0.366. The molecule has 2 heterocycles. The van der Waals surface area contributed by atoms with Gasteiger partial charge in [0.15, 0.2) is 5.11 Å². The Labute approximate surface area is 163 Å². The minimum Gasteiger partial charge on any atom is -0.361 e. The number of aryl methyl sites for hydroxylation is 2. The molecule has 8 heteroatoms. The lowest BCUT2D eigenvalue weighted by atomic mass is 10.2. The lowest BCUT2D eigenvalue weighted by molar-refractivity contribution is 0.972. The van der Waals surface area contributed by atoms with Crippen molar-refractivity contribution in [3.8, 4) is 0 Å². The van der Waals surface area contributed by atoms with Gasteiger partial charge in [-0.25, -0.2) is 9.97 Å². The largest absolute Gasteiger partial charge is 0.361 e. The molecule has 0 fully saturated rings. The van der Waals surface area contributed by atoms with E-state index in [1.807, 2.05) is 57.2 Å². The van der Waals surface area contributed by atoms with Gasteiger partial charge in [0.25, 0.3) is 0 Å². The van der Waals surface area contributed by atoms with Crippen LogP contribution in [0.2, 0.25) is 0 Å². The number of rotatable bonds is 3. The first-order valence-electron chi connectivity index (χ1n) is 8.61. The summed E-state index contributed by atoms with van der Waals surface area (Å²) in [5, 5.41) is 10.7. The predicted molar refractivity (Wildman–Crippen MR) is 114 cm³/mol. The molecule has 0 unspecified atom stereocenters. The molecular formula is C19H21N7S. The smallest absolute Gasteiger partial charge is 0.229 e. The van der Waals surface area contributed by atoms with Crippen LogP contribution in [0.5, 0.6) is 0 Å². The van der Waals surface area contributed by atoms with Crippen molar-refractivity contribution in [2.24, 2.45) is 4.99 Å². The SMILES string of the molecule is CCNC(=S)/N=C(/Nc1cnc2ccccc2c1)Nc1nc(C)cc(C)n1. The number of para-hydroxylation sites is 1. The fourth-order valence-corrected chi connectivity index (χ4v) is 2.78. The van der Waals surface area contributed by atoms with Crippen LogP contribution >= 0.6 is 12.2 Å². The Morgan fingerprint density at radius 2 is 1.81 bits per heavy atom. The Hall–Kier alpha value is -3.13. The van der Waals surface area contributed by atoms with Gasteiger partial charge in [-0.05, 0) is 51.2 Å². The molecule has 0 bridgehead atoms. The maximum absolute atomic E-state index is 5.26. The number of benzene rings is 1. The number of hydrogen-bond donors (Lipinski definition) is 3. The van der Waals surface area contributed by atoms with Crippen LogP contribution in [0.3, 0.4) is 0 Å². The molecule has 0 amide bonds. The van der Waals surface area contributed by atoms with Crippen molar-refractivity contribution in [1.82, 2.24) is 20.3 Å². The fourth-order valence-electron chi connectivity index (χ4n) is 2.54.